The van der Waals surface area contributed by atoms with Crippen LogP contribution in [0.2, 0.25) is 0 Å². The summed E-state index contributed by atoms with van der Waals surface area (Å²) in [5.74, 6) is 7.14. The second kappa shape index (κ2) is 9.11. The van der Waals surface area contributed by atoms with Crippen LogP contribution in [0.5, 0.6) is 11.5 Å². The summed E-state index contributed by atoms with van der Waals surface area (Å²) in [5, 5.41) is 2.58. The number of amides is 1. The van der Waals surface area contributed by atoms with Crippen LogP contribution in [0.4, 0.5) is 4.79 Å². The van der Waals surface area contributed by atoms with Gasteiger partial charge in [-0.15, -0.1) is 0 Å². The summed E-state index contributed by atoms with van der Waals surface area (Å²) in [4.78, 5) is 11.6. The Labute approximate surface area is 141 Å². The van der Waals surface area contributed by atoms with Gasteiger partial charge in [0.1, 0.15) is 18.1 Å². The molecule has 0 atom stereocenters. The predicted molar refractivity (Wildman–Crippen MR) is 91.1 cm³/mol. The van der Waals surface area contributed by atoms with Gasteiger partial charge in [0.25, 0.3) is 0 Å². The van der Waals surface area contributed by atoms with Gasteiger partial charge in [-0.2, -0.15) is 0 Å². The SMILES string of the molecule is COc1ccc(OC)c(C#CCNC(=O)OCc2ccccc2)c1. The maximum absolute atomic E-state index is 11.6. The van der Waals surface area contributed by atoms with Gasteiger partial charge < -0.3 is 19.5 Å². The van der Waals surface area contributed by atoms with E-state index >= 15 is 0 Å². The first kappa shape index (κ1) is 17.2. The van der Waals surface area contributed by atoms with Crippen molar-refractivity contribution in [2.24, 2.45) is 0 Å². The Morgan fingerprint density at radius 1 is 1.08 bits per heavy atom. The number of carbonyl (C=O) groups is 1. The molecule has 0 fully saturated rings. The fourth-order valence-electron chi connectivity index (χ4n) is 1.94. The smallest absolute Gasteiger partial charge is 0.408 e. The van der Waals surface area contributed by atoms with Crippen molar-refractivity contribution < 1.29 is 19.0 Å². The summed E-state index contributed by atoms with van der Waals surface area (Å²) < 4.78 is 15.5. The highest BCUT2D eigenvalue weighted by atomic mass is 16.5. The van der Waals surface area contributed by atoms with E-state index < -0.39 is 6.09 Å². The number of carbonyl (C=O) groups excluding carboxylic acids is 1. The van der Waals surface area contributed by atoms with Crippen molar-refractivity contribution in [1.82, 2.24) is 5.32 Å². The van der Waals surface area contributed by atoms with E-state index in [2.05, 4.69) is 17.2 Å². The number of nitrogens with one attached hydrogen (secondary N) is 1. The lowest BCUT2D eigenvalue weighted by atomic mass is 10.2. The third kappa shape index (κ3) is 5.25. The van der Waals surface area contributed by atoms with Crippen molar-refractivity contribution in [2.75, 3.05) is 20.8 Å². The highest BCUT2D eigenvalue weighted by molar-refractivity contribution is 5.67. The van der Waals surface area contributed by atoms with Crippen LogP contribution in [0.3, 0.4) is 0 Å². The number of benzene rings is 2. The van der Waals surface area contributed by atoms with Crippen LogP contribution < -0.4 is 14.8 Å². The lowest BCUT2D eigenvalue weighted by molar-refractivity contribution is 0.141. The topological polar surface area (TPSA) is 56.8 Å². The number of hydrogen-bond acceptors (Lipinski definition) is 4. The number of ether oxygens (including phenoxy) is 3. The van der Waals surface area contributed by atoms with Gasteiger partial charge in [-0.05, 0) is 23.8 Å². The van der Waals surface area contributed by atoms with Crippen molar-refractivity contribution in [3.05, 3.63) is 59.7 Å². The molecule has 5 heteroatoms. The molecule has 0 saturated heterocycles. The van der Waals surface area contributed by atoms with Gasteiger partial charge in [0.15, 0.2) is 0 Å². The molecule has 0 aliphatic heterocycles. The van der Waals surface area contributed by atoms with Gasteiger partial charge in [-0.1, -0.05) is 42.2 Å². The summed E-state index contributed by atoms with van der Waals surface area (Å²) in [7, 11) is 3.16. The maximum atomic E-state index is 11.6. The molecule has 0 aliphatic rings. The maximum Gasteiger partial charge on any atom is 0.408 e. The number of hydrogen-bond donors (Lipinski definition) is 1. The fourth-order valence-corrected chi connectivity index (χ4v) is 1.94. The quantitative estimate of drug-likeness (QED) is 0.859. The summed E-state index contributed by atoms with van der Waals surface area (Å²) in [6.45, 7) is 0.401. The Kier molecular flexibility index (Phi) is 6.54. The number of methoxy groups -OCH3 is 2. The lowest BCUT2D eigenvalue weighted by Crippen LogP contribution is -2.24. The molecular weight excluding hydrogens is 306 g/mol. The van der Waals surface area contributed by atoms with Crippen molar-refractivity contribution in [1.29, 1.82) is 0 Å². The molecule has 0 spiro atoms. The van der Waals surface area contributed by atoms with Crippen molar-refractivity contribution in [3.63, 3.8) is 0 Å². The Bertz CT molecular complexity index is 732. The largest absolute Gasteiger partial charge is 0.497 e. The van der Waals surface area contributed by atoms with Crippen LogP contribution in [0.15, 0.2) is 48.5 Å². The Hall–Kier alpha value is -3.13. The molecule has 0 aliphatic carbocycles. The zero-order chi connectivity index (χ0) is 17.2. The minimum Gasteiger partial charge on any atom is -0.497 e. The van der Waals surface area contributed by atoms with Gasteiger partial charge in [0, 0.05) is 0 Å². The molecule has 0 bridgehead atoms. The molecule has 24 heavy (non-hydrogen) atoms. The molecule has 1 N–H and O–H groups in total. The molecule has 0 saturated carbocycles. The van der Waals surface area contributed by atoms with Crippen LogP contribution in [0, 0.1) is 11.8 Å². The molecule has 2 rings (SSSR count). The summed E-state index contributed by atoms with van der Waals surface area (Å²) in [6, 6.07) is 14.8. The van der Waals surface area contributed by atoms with Crippen LogP contribution in [-0.2, 0) is 11.3 Å². The van der Waals surface area contributed by atoms with E-state index in [1.54, 1.807) is 32.4 Å². The Balaban J connectivity index is 1.84. The molecule has 2 aromatic rings. The zero-order valence-electron chi connectivity index (χ0n) is 13.7. The van der Waals surface area contributed by atoms with Crippen molar-refractivity contribution in [3.8, 4) is 23.3 Å². The van der Waals surface area contributed by atoms with Gasteiger partial charge in [-0.25, -0.2) is 4.79 Å². The number of alkyl carbamates (subject to hydrolysis) is 1. The standard InChI is InChI=1S/C19H19NO4/c1-22-17-10-11-18(23-2)16(13-17)9-6-12-20-19(21)24-14-15-7-4-3-5-8-15/h3-5,7-8,10-11,13H,12,14H2,1-2H3,(H,20,21). The van der Waals surface area contributed by atoms with Gasteiger partial charge >= 0.3 is 6.09 Å². The van der Waals surface area contributed by atoms with E-state index in [1.165, 1.54) is 0 Å². The van der Waals surface area contributed by atoms with E-state index in [0.717, 1.165) is 5.56 Å². The molecule has 0 radical (unpaired) electrons. The fraction of sp³-hybridized carbons (Fsp3) is 0.211. The summed E-state index contributed by atoms with van der Waals surface area (Å²) in [6.07, 6.45) is -0.509. The molecule has 0 aromatic heterocycles. The van der Waals surface area contributed by atoms with Gasteiger partial charge in [0.2, 0.25) is 0 Å². The second-order valence-electron chi connectivity index (χ2n) is 4.78. The highest BCUT2D eigenvalue weighted by Gasteiger charge is 2.03. The third-order valence-corrected chi connectivity index (χ3v) is 3.16. The monoisotopic (exact) mass is 325 g/mol. The summed E-state index contributed by atoms with van der Waals surface area (Å²) in [5.41, 5.74) is 1.62. The lowest BCUT2D eigenvalue weighted by Gasteiger charge is -2.06. The van der Waals surface area contributed by atoms with Crippen molar-refractivity contribution >= 4 is 6.09 Å². The van der Waals surface area contributed by atoms with Crippen LogP contribution in [0.25, 0.3) is 0 Å². The second-order valence-corrected chi connectivity index (χ2v) is 4.78. The first-order valence-corrected chi connectivity index (χ1v) is 7.38. The van der Waals surface area contributed by atoms with Crippen LogP contribution >= 0.6 is 0 Å². The van der Waals surface area contributed by atoms with E-state index in [0.29, 0.717) is 17.1 Å². The van der Waals surface area contributed by atoms with Crippen LogP contribution in [0.1, 0.15) is 11.1 Å². The van der Waals surface area contributed by atoms with E-state index in [4.69, 9.17) is 14.2 Å². The van der Waals surface area contributed by atoms with E-state index in [9.17, 15) is 4.79 Å². The normalized spacial score (nSPS) is 9.42. The molecular formula is C19H19NO4. The number of rotatable bonds is 5. The minimum absolute atomic E-state index is 0.175. The third-order valence-electron chi connectivity index (χ3n) is 3.16. The molecule has 0 unspecified atom stereocenters. The van der Waals surface area contributed by atoms with E-state index in [1.807, 2.05) is 30.3 Å². The van der Waals surface area contributed by atoms with E-state index in [-0.39, 0.29) is 13.2 Å². The van der Waals surface area contributed by atoms with Crippen molar-refractivity contribution in [2.45, 2.75) is 6.61 Å². The minimum atomic E-state index is -0.509. The van der Waals surface area contributed by atoms with Crippen LogP contribution in [-0.4, -0.2) is 26.9 Å². The molecule has 0 heterocycles. The summed E-state index contributed by atoms with van der Waals surface area (Å²) >= 11 is 0. The van der Waals surface area contributed by atoms with Gasteiger partial charge in [-0.3, -0.25) is 0 Å². The zero-order valence-corrected chi connectivity index (χ0v) is 13.7. The molecule has 1 amide bonds. The Morgan fingerprint density at radius 2 is 1.88 bits per heavy atom. The predicted octanol–water partition coefficient (Wildman–Crippen LogP) is 2.98. The first-order chi connectivity index (χ1) is 11.7. The first-order valence-electron chi connectivity index (χ1n) is 7.38. The molecule has 2 aromatic carbocycles. The molecule has 5 nitrogen and oxygen atoms in total. The van der Waals surface area contributed by atoms with Gasteiger partial charge in [0.05, 0.1) is 26.3 Å². The average molecular weight is 325 g/mol. The average Bonchev–Trinajstić information content (AvgIpc) is 2.64. The Morgan fingerprint density at radius 3 is 2.58 bits per heavy atom. The highest BCUT2D eigenvalue weighted by Crippen LogP contribution is 2.22. The molecule has 124 valence electrons.